The van der Waals surface area contributed by atoms with E-state index in [9.17, 15) is 53.1 Å². The number of likely N-dealkylation sites (tertiary alicyclic amines) is 1. The van der Waals surface area contributed by atoms with Gasteiger partial charge >= 0.3 is 11.9 Å². The molecule has 1 aliphatic heterocycles. The monoisotopic (exact) mass is 1010 g/mol. The number of H-pyrrole nitrogens is 1. The van der Waals surface area contributed by atoms with Gasteiger partial charge in [-0.2, -0.15) is 12.6 Å². The van der Waals surface area contributed by atoms with Crippen LogP contribution >= 0.6 is 34.2 Å². The van der Waals surface area contributed by atoms with Crippen molar-refractivity contribution in [1.29, 1.82) is 0 Å². The lowest BCUT2D eigenvalue weighted by atomic mass is 10.0. The number of benzene rings is 1. The normalized spacial score (nSPS) is 15.4. The molecule has 0 unspecified atom stereocenters. The number of amides is 8. The zero-order valence-electron chi connectivity index (χ0n) is 37.3. The van der Waals surface area contributed by atoms with Crippen molar-refractivity contribution in [3.05, 3.63) is 36.0 Å². The number of unbranched alkanes of at least 4 members (excludes halogenated alkanes) is 1. The Morgan fingerprint density at radius 3 is 2.18 bits per heavy atom. The van der Waals surface area contributed by atoms with Crippen LogP contribution in [0.1, 0.15) is 63.9 Å². The van der Waals surface area contributed by atoms with Crippen LogP contribution in [-0.4, -0.2) is 158 Å². The molecule has 0 aliphatic carbocycles. The van der Waals surface area contributed by atoms with Crippen molar-refractivity contribution in [2.75, 3.05) is 36.9 Å². The van der Waals surface area contributed by atoms with Crippen LogP contribution in [0, 0.1) is 0 Å². The van der Waals surface area contributed by atoms with E-state index in [1.807, 2.05) is 0 Å². The van der Waals surface area contributed by atoms with Gasteiger partial charge in [0, 0.05) is 60.3 Å². The summed E-state index contributed by atoms with van der Waals surface area (Å²) in [5.74, 6) is -8.21. The molecule has 0 radical (unpaired) electrons. The Morgan fingerprint density at radius 2 is 1.51 bits per heavy atom. The summed E-state index contributed by atoms with van der Waals surface area (Å²) in [5, 5.41) is 34.1. The molecule has 1 aliphatic rings. The van der Waals surface area contributed by atoms with Crippen LogP contribution in [0.4, 0.5) is 0 Å². The second-order valence-electron chi connectivity index (χ2n) is 15.6. The number of aromatic amines is 1. The maximum Gasteiger partial charge on any atom is 0.305 e. The summed E-state index contributed by atoms with van der Waals surface area (Å²) in [5.41, 5.74) is 17.5. The predicted octanol–water partition coefficient (Wildman–Crippen LogP) is -2.16. The molecular formula is C41H60N12O12S3. The Morgan fingerprint density at radius 1 is 0.824 bits per heavy atom. The second kappa shape index (κ2) is 28.8. The number of para-hydroxylation sites is 1. The van der Waals surface area contributed by atoms with Crippen LogP contribution in [0.25, 0.3) is 10.9 Å². The maximum atomic E-state index is 14.3. The summed E-state index contributed by atoms with van der Waals surface area (Å²) in [6.07, 6.45) is 1.98. The molecule has 8 amide bonds. The molecule has 2 aromatic rings. The van der Waals surface area contributed by atoms with Crippen LogP contribution in [0.3, 0.4) is 0 Å². The number of carbonyl (C=O) groups excluding carboxylic acids is 8. The number of carboxylic acids is 2. The first-order valence-electron chi connectivity index (χ1n) is 21.6. The van der Waals surface area contributed by atoms with E-state index in [-0.39, 0.29) is 56.9 Å². The van der Waals surface area contributed by atoms with E-state index < -0.39 is 108 Å². The molecule has 6 atom stereocenters. The number of carboxylic acid groups (broad SMARTS) is 2. The van der Waals surface area contributed by atoms with Crippen molar-refractivity contribution in [2.45, 2.75) is 101 Å². The van der Waals surface area contributed by atoms with Gasteiger partial charge in [-0.3, -0.25) is 52.9 Å². The lowest BCUT2D eigenvalue weighted by molar-refractivity contribution is -0.143. The fourth-order valence-corrected chi connectivity index (χ4v) is 9.13. The highest BCUT2D eigenvalue weighted by molar-refractivity contribution is 8.76. The van der Waals surface area contributed by atoms with Crippen molar-refractivity contribution < 1.29 is 58.2 Å². The molecule has 68 heavy (non-hydrogen) atoms. The van der Waals surface area contributed by atoms with Gasteiger partial charge in [-0.15, -0.1) is 0 Å². The van der Waals surface area contributed by atoms with Gasteiger partial charge in [-0.25, -0.2) is 0 Å². The molecule has 15 N–H and O–H groups in total. The van der Waals surface area contributed by atoms with Crippen molar-refractivity contribution in [1.82, 2.24) is 41.8 Å². The minimum Gasteiger partial charge on any atom is -0.481 e. The van der Waals surface area contributed by atoms with Gasteiger partial charge < -0.3 is 69.2 Å². The standard InChI is InChI=1S/C41H60N12O12S3/c1-22(48-31(54)11-15-67-68-16-12-33(56)57)36(61)50-26(9-4-5-13-45-41(43)44)37(62)47-20-32(55)49-27(18-34(58)59)38(63)51-28(17-23-19-46-25-8-3-2-7-24(23)25)40(65)53-14-6-10-30(53)39(64)52-29(21-66)35(42)60/h2-3,7-8,19,22,26-30,46,66H,4-6,9-18,20-21H2,1H3,(H2,42,60)(H,47,62)(H,48,54)(H,49,55)(H,50,61)(H,51,63)(H,52,64)(H,56,57)(H,58,59)(H4,43,44,45)/t22-,26+,27+,28+,29+,30+/m1/s1. The van der Waals surface area contributed by atoms with Crippen LogP contribution in [0.15, 0.2) is 35.5 Å². The van der Waals surface area contributed by atoms with Crippen molar-refractivity contribution >= 4 is 110 Å². The van der Waals surface area contributed by atoms with Crippen LogP contribution in [0.2, 0.25) is 0 Å². The molecule has 1 aromatic heterocycles. The molecule has 1 aromatic carbocycles. The summed E-state index contributed by atoms with van der Waals surface area (Å²) in [4.78, 5) is 137. The number of hydrogen-bond acceptors (Lipinski definition) is 14. The molecule has 0 bridgehead atoms. The fraction of sp³-hybridized carbons (Fsp3) is 0.537. The molecule has 3 rings (SSSR count). The summed E-state index contributed by atoms with van der Waals surface area (Å²) in [7, 11) is 2.60. The number of aromatic nitrogens is 1. The van der Waals surface area contributed by atoms with E-state index in [1.165, 1.54) is 33.4 Å². The minimum atomic E-state index is -1.77. The molecule has 1 fully saturated rings. The zero-order chi connectivity index (χ0) is 50.3. The highest BCUT2D eigenvalue weighted by atomic mass is 33.1. The largest absolute Gasteiger partial charge is 0.481 e. The Labute approximate surface area is 404 Å². The first-order chi connectivity index (χ1) is 32.3. The first-order valence-corrected chi connectivity index (χ1v) is 24.7. The van der Waals surface area contributed by atoms with Gasteiger partial charge in [-0.1, -0.05) is 39.8 Å². The van der Waals surface area contributed by atoms with E-state index in [4.69, 9.17) is 22.3 Å². The third-order valence-electron chi connectivity index (χ3n) is 10.3. The number of primary amides is 1. The average Bonchev–Trinajstić information content (AvgIpc) is 3.94. The Hall–Kier alpha value is -6.22. The van der Waals surface area contributed by atoms with Gasteiger partial charge in [0.05, 0.1) is 19.4 Å². The Kier molecular flexibility index (Phi) is 23.8. The van der Waals surface area contributed by atoms with Crippen molar-refractivity contribution in [3.8, 4) is 0 Å². The quantitative estimate of drug-likeness (QED) is 0.0130. The Balaban J connectivity index is 1.73. The van der Waals surface area contributed by atoms with E-state index in [0.29, 0.717) is 36.3 Å². The van der Waals surface area contributed by atoms with Crippen molar-refractivity contribution in [3.63, 3.8) is 0 Å². The van der Waals surface area contributed by atoms with Crippen LogP contribution in [0.5, 0.6) is 0 Å². The highest BCUT2D eigenvalue weighted by Crippen LogP contribution is 2.24. The molecule has 24 nitrogen and oxygen atoms in total. The van der Waals surface area contributed by atoms with Gasteiger partial charge in [0.2, 0.25) is 47.3 Å². The lowest BCUT2D eigenvalue weighted by Crippen LogP contribution is -2.59. The second-order valence-corrected chi connectivity index (χ2v) is 18.7. The van der Waals surface area contributed by atoms with Gasteiger partial charge in [0.1, 0.15) is 36.3 Å². The van der Waals surface area contributed by atoms with Crippen molar-refractivity contribution in [2.24, 2.45) is 22.2 Å². The van der Waals surface area contributed by atoms with E-state index in [0.717, 1.165) is 10.9 Å². The molecular weight excluding hydrogens is 949 g/mol. The number of carbonyl (C=O) groups is 10. The number of guanidine groups is 1. The summed E-state index contributed by atoms with van der Waals surface area (Å²) in [6, 6.07) is -0.487. The van der Waals surface area contributed by atoms with E-state index in [1.54, 1.807) is 30.5 Å². The number of aliphatic imine (C=N–C) groups is 1. The lowest BCUT2D eigenvalue weighted by Gasteiger charge is -2.30. The fourth-order valence-electron chi connectivity index (χ4n) is 6.88. The molecule has 1 saturated heterocycles. The van der Waals surface area contributed by atoms with Gasteiger partial charge in [0.15, 0.2) is 5.96 Å². The number of thiol groups is 1. The number of nitrogens with two attached hydrogens (primary N) is 3. The predicted molar refractivity (Wildman–Crippen MR) is 257 cm³/mol. The van der Waals surface area contributed by atoms with E-state index in [2.05, 4.69) is 54.5 Å². The highest BCUT2D eigenvalue weighted by Gasteiger charge is 2.40. The maximum absolute atomic E-state index is 14.3. The average molecular weight is 1010 g/mol. The topological polar surface area (TPSA) is 393 Å². The van der Waals surface area contributed by atoms with E-state index >= 15 is 0 Å². The Bertz CT molecular complexity index is 2160. The molecule has 2 heterocycles. The number of nitrogens with one attached hydrogen (secondary N) is 7. The summed E-state index contributed by atoms with van der Waals surface area (Å²) in [6.45, 7) is 0.950. The number of fused-ring (bicyclic) bond motifs is 1. The zero-order valence-corrected chi connectivity index (χ0v) is 39.9. The number of aliphatic carboxylic acids is 2. The SMILES string of the molecule is C[C@@H](NC(=O)CCSSCCC(=O)O)C(=O)N[C@@H](CCCCN=C(N)N)C(=O)NCC(=O)N[C@@H](CC(=O)O)C(=O)N[C@@H](Cc1c[nH]c2ccccc12)C(=O)N1CCC[C@H]1C(=O)N[C@@H](CS)C(N)=O. The van der Waals surface area contributed by atoms with Crippen LogP contribution < -0.4 is 49.1 Å². The number of rotatable bonds is 30. The number of hydrogen-bond donors (Lipinski definition) is 13. The third kappa shape index (κ3) is 19.2. The number of nitrogens with zero attached hydrogens (tertiary/aromatic N) is 2. The van der Waals surface area contributed by atoms with Crippen LogP contribution in [-0.2, 0) is 54.4 Å². The summed E-state index contributed by atoms with van der Waals surface area (Å²) >= 11 is 4.06. The summed E-state index contributed by atoms with van der Waals surface area (Å²) < 4.78 is 0. The van der Waals surface area contributed by atoms with Gasteiger partial charge in [0.25, 0.3) is 0 Å². The third-order valence-corrected chi connectivity index (χ3v) is 13.1. The molecule has 0 saturated carbocycles. The molecule has 0 spiro atoms. The minimum absolute atomic E-state index is 0.0277. The molecule has 27 heteroatoms. The smallest absolute Gasteiger partial charge is 0.305 e. The molecule has 374 valence electrons. The van der Waals surface area contributed by atoms with Gasteiger partial charge in [-0.05, 0) is 50.7 Å². The first kappa shape index (κ1) is 56.1.